The van der Waals surface area contributed by atoms with Crippen molar-refractivity contribution in [1.29, 1.82) is 0 Å². The van der Waals surface area contributed by atoms with Gasteiger partial charge in [-0.2, -0.15) is 0 Å². The summed E-state index contributed by atoms with van der Waals surface area (Å²) < 4.78 is 37.9. The summed E-state index contributed by atoms with van der Waals surface area (Å²) in [6.45, 7) is 4.69. The molecule has 2 N–H and O–H groups in total. The summed E-state index contributed by atoms with van der Waals surface area (Å²) >= 11 is 0. The molecule has 0 spiro atoms. The molecule has 2 fully saturated rings. The third-order valence-electron chi connectivity index (χ3n) is 6.35. The van der Waals surface area contributed by atoms with Crippen LogP contribution in [0.3, 0.4) is 0 Å². The molecule has 1 amide bonds. The fraction of sp³-hybridized carbons (Fsp3) is 0.667. The Kier molecular flexibility index (Phi) is 9.74. The lowest BCUT2D eigenvalue weighted by atomic mass is 9.95. The summed E-state index contributed by atoms with van der Waals surface area (Å²) in [6.07, 6.45) is 1.28. The number of hydrogen-bond donors (Lipinski definition) is 2. The number of likely N-dealkylation sites (tertiary alicyclic amines) is 1. The van der Waals surface area contributed by atoms with Gasteiger partial charge in [-0.3, -0.25) is 10.0 Å². The fourth-order valence-corrected chi connectivity index (χ4v) is 6.47. The fourth-order valence-electron chi connectivity index (χ4n) is 4.31. The van der Waals surface area contributed by atoms with Crippen LogP contribution in [0.4, 0.5) is 0 Å². The number of hydroxylamine groups is 1. The van der Waals surface area contributed by atoms with Crippen molar-refractivity contribution in [1.82, 2.24) is 14.7 Å². The quantitative estimate of drug-likeness (QED) is 0.419. The Balaban J connectivity index is 0.00000363. The highest BCUT2D eigenvalue weighted by Crippen LogP contribution is 2.35. The first-order chi connectivity index (χ1) is 14.8. The number of nitrogens with zero attached hydrogens (tertiary/aromatic N) is 2. The first-order valence-electron chi connectivity index (χ1n) is 10.7. The van der Waals surface area contributed by atoms with Crippen molar-refractivity contribution in [2.75, 3.05) is 46.4 Å². The van der Waals surface area contributed by atoms with E-state index in [1.165, 1.54) is 4.31 Å². The van der Waals surface area contributed by atoms with E-state index in [4.69, 9.17) is 9.47 Å². The van der Waals surface area contributed by atoms with Crippen molar-refractivity contribution in [2.45, 2.75) is 43.5 Å². The molecule has 0 aromatic heterocycles. The molecule has 3 rings (SSSR count). The SMILES string of the molecule is COCCN1CCC(C(=O)NO)(S(=O)(=O)N2CCC(Oc3ccc(C)cc3)CC2)CC1.Cl. The predicted octanol–water partition coefficient (Wildman–Crippen LogP) is 1.58. The van der Waals surface area contributed by atoms with Crippen LogP contribution in [0.1, 0.15) is 31.2 Å². The molecule has 11 heteroatoms. The van der Waals surface area contributed by atoms with Gasteiger partial charge in [-0.1, -0.05) is 17.7 Å². The monoisotopic (exact) mass is 491 g/mol. The highest BCUT2D eigenvalue weighted by molar-refractivity contribution is 7.91. The molecule has 0 saturated carbocycles. The molecule has 2 aliphatic heterocycles. The molecule has 0 bridgehead atoms. The Morgan fingerprint density at radius 1 is 1.16 bits per heavy atom. The van der Waals surface area contributed by atoms with E-state index in [2.05, 4.69) is 4.90 Å². The molecule has 32 heavy (non-hydrogen) atoms. The lowest BCUT2D eigenvalue weighted by Gasteiger charge is -2.43. The Morgan fingerprint density at radius 3 is 2.28 bits per heavy atom. The number of nitrogens with one attached hydrogen (secondary N) is 1. The van der Waals surface area contributed by atoms with Crippen LogP contribution in [0, 0.1) is 6.92 Å². The average Bonchev–Trinajstić information content (AvgIpc) is 2.79. The van der Waals surface area contributed by atoms with E-state index in [1.807, 2.05) is 31.2 Å². The van der Waals surface area contributed by atoms with Crippen LogP contribution in [-0.2, 0) is 19.6 Å². The van der Waals surface area contributed by atoms with Gasteiger partial charge in [0.2, 0.25) is 10.0 Å². The summed E-state index contributed by atoms with van der Waals surface area (Å²) in [5.41, 5.74) is 2.76. The van der Waals surface area contributed by atoms with Crippen LogP contribution in [0.5, 0.6) is 5.75 Å². The van der Waals surface area contributed by atoms with E-state index >= 15 is 0 Å². The number of benzene rings is 1. The number of carbonyl (C=O) groups excluding carboxylic acids is 1. The zero-order chi connectivity index (χ0) is 22.5. The summed E-state index contributed by atoms with van der Waals surface area (Å²) in [7, 11) is -2.34. The highest BCUT2D eigenvalue weighted by Gasteiger charge is 2.55. The molecule has 0 atom stereocenters. The lowest BCUT2D eigenvalue weighted by Crippen LogP contribution is -2.62. The Labute approximate surface area is 196 Å². The first kappa shape index (κ1) is 26.8. The van der Waals surface area contributed by atoms with Crippen molar-refractivity contribution in [3.05, 3.63) is 29.8 Å². The number of carbonyl (C=O) groups is 1. The van der Waals surface area contributed by atoms with E-state index in [0.717, 1.165) is 11.3 Å². The van der Waals surface area contributed by atoms with Gasteiger partial charge in [0.05, 0.1) is 6.61 Å². The number of sulfonamides is 1. The van der Waals surface area contributed by atoms with Crippen molar-refractivity contribution in [2.24, 2.45) is 0 Å². The van der Waals surface area contributed by atoms with E-state index < -0.39 is 20.7 Å². The molecule has 2 heterocycles. The van der Waals surface area contributed by atoms with E-state index in [-0.39, 0.29) is 44.4 Å². The topological polar surface area (TPSA) is 108 Å². The number of halogens is 1. The number of ether oxygens (including phenoxy) is 2. The maximum Gasteiger partial charge on any atom is 0.266 e. The van der Waals surface area contributed by atoms with Crippen molar-refractivity contribution in [3.8, 4) is 5.75 Å². The third kappa shape index (κ3) is 5.73. The second kappa shape index (κ2) is 11.6. The van der Waals surface area contributed by atoms with Gasteiger partial charge >= 0.3 is 0 Å². The summed E-state index contributed by atoms with van der Waals surface area (Å²) in [5.74, 6) is -0.0802. The molecule has 9 nitrogen and oxygen atoms in total. The Morgan fingerprint density at radius 2 is 1.75 bits per heavy atom. The molecule has 182 valence electrons. The van der Waals surface area contributed by atoms with Gasteiger partial charge in [-0.25, -0.2) is 18.2 Å². The van der Waals surface area contributed by atoms with Crippen LogP contribution < -0.4 is 10.2 Å². The maximum absolute atomic E-state index is 13.6. The summed E-state index contributed by atoms with van der Waals surface area (Å²) in [4.78, 5) is 14.7. The van der Waals surface area contributed by atoms with Crippen LogP contribution in [-0.4, -0.2) is 86.0 Å². The Bertz CT molecular complexity index is 836. The van der Waals surface area contributed by atoms with Crippen LogP contribution in [0.2, 0.25) is 0 Å². The second-order valence-corrected chi connectivity index (χ2v) is 10.6. The first-order valence-corrected chi connectivity index (χ1v) is 12.2. The normalized spacial score (nSPS) is 20.3. The zero-order valence-electron chi connectivity index (χ0n) is 18.7. The molecule has 2 saturated heterocycles. The van der Waals surface area contributed by atoms with Gasteiger partial charge in [0.25, 0.3) is 5.91 Å². The number of amides is 1. The van der Waals surface area contributed by atoms with E-state index in [1.54, 1.807) is 12.6 Å². The minimum absolute atomic E-state index is 0. The lowest BCUT2D eigenvalue weighted by molar-refractivity contribution is -0.133. The molecule has 0 unspecified atom stereocenters. The maximum atomic E-state index is 13.6. The van der Waals surface area contributed by atoms with E-state index in [0.29, 0.717) is 39.1 Å². The Hall–Kier alpha value is -1.43. The van der Waals surface area contributed by atoms with Gasteiger partial charge in [0.15, 0.2) is 4.75 Å². The van der Waals surface area contributed by atoms with Gasteiger partial charge in [0, 0.05) is 39.8 Å². The molecule has 0 aliphatic carbocycles. The third-order valence-corrected chi connectivity index (χ3v) is 8.98. The minimum atomic E-state index is -3.96. The average molecular weight is 492 g/mol. The van der Waals surface area contributed by atoms with Gasteiger partial charge < -0.3 is 14.4 Å². The summed E-state index contributed by atoms with van der Waals surface area (Å²) in [6, 6.07) is 7.78. The van der Waals surface area contributed by atoms with E-state index in [9.17, 15) is 18.4 Å². The summed E-state index contributed by atoms with van der Waals surface area (Å²) in [5, 5.41) is 9.31. The number of methoxy groups -OCH3 is 1. The molecule has 1 aromatic carbocycles. The zero-order valence-corrected chi connectivity index (χ0v) is 20.3. The predicted molar refractivity (Wildman–Crippen MR) is 123 cm³/mol. The van der Waals surface area contributed by atoms with Crippen LogP contribution in [0.25, 0.3) is 0 Å². The number of rotatable bonds is 8. The largest absolute Gasteiger partial charge is 0.490 e. The minimum Gasteiger partial charge on any atom is -0.490 e. The molecule has 2 aliphatic rings. The molecular weight excluding hydrogens is 458 g/mol. The van der Waals surface area contributed by atoms with Gasteiger partial charge in [-0.05, 0) is 44.7 Å². The number of aryl methyl sites for hydroxylation is 1. The number of hydrogen-bond acceptors (Lipinski definition) is 7. The van der Waals surface area contributed by atoms with Crippen LogP contribution >= 0.6 is 12.4 Å². The smallest absolute Gasteiger partial charge is 0.266 e. The van der Waals surface area contributed by atoms with Gasteiger partial charge in [-0.15, -0.1) is 12.4 Å². The molecule has 1 aromatic rings. The van der Waals surface area contributed by atoms with Gasteiger partial charge in [0.1, 0.15) is 11.9 Å². The standard InChI is InChI=1S/C21H33N3O6S.ClH/c1-17-3-5-18(6-4-17)30-19-7-11-24(12-8-19)31(27,28)21(20(25)22-26)9-13-23(14-10-21)15-16-29-2;/h3-6,19,26H,7-16H2,1-2H3,(H,22,25);1H. The van der Waals surface area contributed by atoms with Crippen molar-refractivity contribution < 1.29 is 27.9 Å². The van der Waals surface area contributed by atoms with Crippen LogP contribution in [0.15, 0.2) is 24.3 Å². The molecule has 0 radical (unpaired) electrons. The number of piperidine rings is 2. The van der Waals surface area contributed by atoms with Crippen molar-refractivity contribution in [3.63, 3.8) is 0 Å². The second-order valence-electron chi connectivity index (χ2n) is 8.30. The molecular formula is C21H34ClN3O6S. The van der Waals surface area contributed by atoms with Crippen molar-refractivity contribution >= 4 is 28.3 Å². The highest BCUT2D eigenvalue weighted by atomic mass is 35.5.